The number of carbonyl (C=O) groups is 2. The molecule has 2 amide bonds. The Bertz CT molecular complexity index is 802. The number of hydrogen-bond acceptors (Lipinski definition) is 2. The lowest BCUT2D eigenvalue weighted by atomic mass is 9.91. The summed E-state index contributed by atoms with van der Waals surface area (Å²) in [6.45, 7) is 13.1. The molecule has 0 aliphatic carbocycles. The minimum absolute atomic E-state index is 0.0260. The van der Waals surface area contributed by atoms with Crippen LogP contribution in [-0.2, 0) is 9.59 Å². The van der Waals surface area contributed by atoms with Gasteiger partial charge in [-0.3, -0.25) is 9.59 Å². The van der Waals surface area contributed by atoms with Crippen molar-refractivity contribution in [3.05, 3.63) is 59.7 Å². The van der Waals surface area contributed by atoms with E-state index >= 15 is 0 Å². The zero-order valence-corrected chi connectivity index (χ0v) is 18.6. The van der Waals surface area contributed by atoms with Gasteiger partial charge in [-0.05, 0) is 42.0 Å². The van der Waals surface area contributed by atoms with E-state index in [1.54, 1.807) is 16.7 Å². The summed E-state index contributed by atoms with van der Waals surface area (Å²) < 4.78 is 0. The van der Waals surface area contributed by atoms with Crippen LogP contribution in [0.3, 0.4) is 0 Å². The average Bonchev–Trinajstić information content (AvgIpc) is 2.69. The van der Waals surface area contributed by atoms with Gasteiger partial charge in [0.2, 0.25) is 11.8 Å². The molecule has 0 aromatic heterocycles. The quantitative estimate of drug-likeness (QED) is 0.574. The maximum atomic E-state index is 13.0. The van der Waals surface area contributed by atoms with Crippen molar-refractivity contribution in [1.82, 2.24) is 0 Å². The Morgan fingerprint density at radius 2 is 1.38 bits per heavy atom. The number of nitrogens with zero attached hydrogens (tertiary/aromatic N) is 2. The molecular formula is C25H34N2O2. The lowest BCUT2D eigenvalue weighted by Crippen LogP contribution is -2.37. The van der Waals surface area contributed by atoms with E-state index in [0.29, 0.717) is 13.1 Å². The number of anilines is 2. The SMILES string of the molecule is CCN(C(=O)CCN(C(C)=O)c1c(C(C)C)cccc1C(C)C)c1ccccc1. The van der Waals surface area contributed by atoms with Gasteiger partial charge >= 0.3 is 0 Å². The van der Waals surface area contributed by atoms with Crippen LogP contribution in [0.2, 0.25) is 0 Å². The maximum absolute atomic E-state index is 13.0. The number of hydrogen-bond donors (Lipinski definition) is 0. The molecule has 4 nitrogen and oxygen atoms in total. The summed E-state index contributed by atoms with van der Waals surface area (Å²) in [6, 6.07) is 15.9. The Kier molecular flexibility index (Phi) is 8.00. The van der Waals surface area contributed by atoms with Crippen molar-refractivity contribution >= 4 is 23.2 Å². The molecule has 0 spiro atoms. The molecule has 0 fully saturated rings. The molecule has 2 aromatic carbocycles. The molecule has 2 aromatic rings. The summed E-state index contributed by atoms with van der Waals surface area (Å²) in [5.41, 5.74) is 4.16. The first-order valence-corrected chi connectivity index (χ1v) is 10.5. The van der Waals surface area contributed by atoms with Gasteiger partial charge in [0.1, 0.15) is 0 Å². The largest absolute Gasteiger partial charge is 0.313 e. The third-order valence-corrected chi connectivity index (χ3v) is 5.23. The van der Waals surface area contributed by atoms with Crippen molar-refractivity contribution in [2.45, 2.75) is 59.8 Å². The van der Waals surface area contributed by atoms with Crippen LogP contribution in [-0.4, -0.2) is 24.9 Å². The van der Waals surface area contributed by atoms with Gasteiger partial charge in [-0.2, -0.15) is 0 Å². The van der Waals surface area contributed by atoms with E-state index in [1.807, 2.05) is 37.3 Å². The molecule has 0 saturated carbocycles. The lowest BCUT2D eigenvalue weighted by molar-refractivity contribution is -0.118. The van der Waals surface area contributed by atoms with Crippen LogP contribution in [0.4, 0.5) is 11.4 Å². The first-order chi connectivity index (χ1) is 13.8. The molecule has 0 atom stereocenters. The van der Waals surface area contributed by atoms with Crippen molar-refractivity contribution in [2.24, 2.45) is 0 Å². The zero-order chi connectivity index (χ0) is 21.6. The number of rotatable bonds is 8. The molecule has 2 rings (SSSR count). The lowest BCUT2D eigenvalue weighted by Gasteiger charge is -2.30. The van der Waals surface area contributed by atoms with Gasteiger partial charge in [0, 0.05) is 32.1 Å². The first kappa shape index (κ1) is 22.7. The van der Waals surface area contributed by atoms with Gasteiger partial charge in [-0.25, -0.2) is 0 Å². The Labute approximate surface area is 175 Å². The van der Waals surface area contributed by atoms with Crippen molar-refractivity contribution in [3.63, 3.8) is 0 Å². The minimum Gasteiger partial charge on any atom is -0.313 e. The molecule has 0 aliphatic rings. The van der Waals surface area contributed by atoms with Crippen molar-refractivity contribution in [2.75, 3.05) is 22.9 Å². The highest BCUT2D eigenvalue weighted by atomic mass is 16.2. The van der Waals surface area contributed by atoms with Crippen molar-refractivity contribution in [1.29, 1.82) is 0 Å². The predicted molar refractivity (Wildman–Crippen MR) is 122 cm³/mol. The molecule has 0 bridgehead atoms. The summed E-state index contributed by atoms with van der Waals surface area (Å²) >= 11 is 0. The Balaban J connectivity index is 2.32. The van der Waals surface area contributed by atoms with Crippen molar-refractivity contribution in [3.8, 4) is 0 Å². The van der Waals surface area contributed by atoms with Crippen LogP contribution in [0.25, 0.3) is 0 Å². The molecule has 156 valence electrons. The molecule has 29 heavy (non-hydrogen) atoms. The highest BCUT2D eigenvalue weighted by molar-refractivity contribution is 5.97. The summed E-state index contributed by atoms with van der Waals surface area (Å²) in [5, 5.41) is 0. The third kappa shape index (κ3) is 5.47. The topological polar surface area (TPSA) is 40.6 Å². The van der Waals surface area contributed by atoms with Crippen LogP contribution >= 0.6 is 0 Å². The average molecular weight is 395 g/mol. The highest BCUT2D eigenvalue weighted by Crippen LogP contribution is 2.35. The fourth-order valence-corrected chi connectivity index (χ4v) is 3.70. The second-order valence-corrected chi connectivity index (χ2v) is 7.99. The summed E-state index contributed by atoms with van der Waals surface area (Å²) in [6.07, 6.45) is 0.284. The van der Waals surface area contributed by atoms with E-state index in [2.05, 4.69) is 45.9 Å². The van der Waals surface area contributed by atoms with E-state index in [-0.39, 0.29) is 30.1 Å². The van der Waals surface area contributed by atoms with Crippen molar-refractivity contribution < 1.29 is 9.59 Å². The second kappa shape index (κ2) is 10.2. The smallest absolute Gasteiger partial charge is 0.228 e. The molecule has 4 heteroatoms. The minimum atomic E-state index is -0.0319. The van der Waals surface area contributed by atoms with Gasteiger partial charge < -0.3 is 9.80 Å². The predicted octanol–water partition coefficient (Wildman–Crippen LogP) is 5.73. The summed E-state index contributed by atoms with van der Waals surface area (Å²) in [7, 11) is 0. The molecular weight excluding hydrogens is 360 g/mol. The molecule has 0 aliphatic heterocycles. The fourth-order valence-electron chi connectivity index (χ4n) is 3.70. The van der Waals surface area contributed by atoms with E-state index < -0.39 is 0 Å². The molecule has 0 radical (unpaired) electrons. The number of carbonyl (C=O) groups excluding carboxylic acids is 2. The standard InChI is InChI=1S/C25H34N2O2/c1-7-26(21-12-9-8-10-13-21)24(29)16-17-27(20(6)28)25-22(18(2)3)14-11-15-23(25)19(4)5/h8-15,18-19H,7,16-17H2,1-6H3. The summed E-state index contributed by atoms with van der Waals surface area (Å²) in [5.74, 6) is 0.573. The summed E-state index contributed by atoms with van der Waals surface area (Å²) in [4.78, 5) is 29.1. The molecule has 0 N–H and O–H groups in total. The van der Waals surface area contributed by atoms with Gasteiger partial charge in [-0.15, -0.1) is 0 Å². The monoisotopic (exact) mass is 394 g/mol. The van der Waals surface area contributed by atoms with E-state index in [0.717, 1.165) is 22.5 Å². The molecule has 0 heterocycles. The Morgan fingerprint density at radius 1 is 0.828 bits per heavy atom. The van der Waals surface area contributed by atoms with Gasteiger partial charge in [0.15, 0.2) is 0 Å². The first-order valence-electron chi connectivity index (χ1n) is 10.5. The number of benzene rings is 2. The van der Waals surface area contributed by atoms with E-state index in [9.17, 15) is 9.59 Å². The van der Waals surface area contributed by atoms with Gasteiger partial charge in [-0.1, -0.05) is 64.1 Å². The van der Waals surface area contributed by atoms with Crippen LogP contribution in [0.5, 0.6) is 0 Å². The van der Waals surface area contributed by atoms with Crippen LogP contribution in [0.1, 0.15) is 70.9 Å². The normalized spacial score (nSPS) is 11.0. The molecule has 0 saturated heterocycles. The highest BCUT2D eigenvalue weighted by Gasteiger charge is 2.24. The fraction of sp³-hybridized carbons (Fsp3) is 0.440. The van der Waals surface area contributed by atoms with Gasteiger partial charge in [0.05, 0.1) is 5.69 Å². The van der Waals surface area contributed by atoms with E-state index in [1.165, 1.54) is 0 Å². The number of amides is 2. The Morgan fingerprint density at radius 3 is 1.83 bits per heavy atom. The van der Waals surface area contributed by atoms with Crippen LogP contribution in [0, 0.1) is 0 Å². The maximum Gasteiger partial charge on any atom is 0.228 e. The van der Waals surface area contributed by atoms with Crippen LogP contribution in [0.15, 0.2) is 48.5 Å². The second-order valence-electron chi connectivity index (χ2n) is 7.99. The molecule has 0 unspecified atom stereocenters. The third-order valence-electron chi connectivity index (χ3n) is 5.23. The zero-order valence-electron chi connectivity index (χ0n) is 18.6. The van der Waals surface area contributed by atoms with Crippen LogP contribution < -0.4 is 9.80 Å². The van der Waals surface area contributed by atoms with E-state index in [4.69, 9.17) is 0 Å². The number of para-hydroxylation sites is 2. The van der Waals surface area contributed by atoms with Gasteiger partial charge in [0.25, 0.3) is 0 Å². The Hall–Kier alpha value is -2.62.